The minimum absolute atomic E-state index is 0.0554. The van der Waals surface area contributed by atoms with Gasteiger partial charge in [0.2, 0.25) is 0 Å². The maximum Gasteiger partial charge on any atom is 0.309 e. The van der Waals surface area contributed by atoms with Crippen molar-refractivity contribution < 1.29 is 19.4 Å². The van der Waals surface area contributed by atoms with Crippen LogP contribution in [0, 0.1) is 11.3 Å². The van der Waals surface area contributed by atoms with Crippen molar-refractivity contribution in [2.24, 2.45) is 11.3 Å². The molecule has 4 nitrogen and oxygen atoms in total. The highest BCUT2D eigenvalue weighted by atomic mass is 16.6. The molecule has 4 rings (SSSR count). The largest absolute Gasteiger partial charge is 0.481 e. The van der Waals surface area contributed by atoms with E-state index in [0.29, 0.717) is 24.5 Å². The summed E-state index contributed by atoms with van der Waals surface area (Å²) in [5.74, 6) is -0.120. The monoisotopic (exact) mass is 280 g/mol. The van der Waals surface area contributed by atoms with Crippen LogP contribution < -0.4 is 0 Å². The molecule has 2 aliphatic heterocycles. The summed E-state index contributed by atoms with van der Waals surface area (Å²) in [6.45, 7) is 4.26. The first-order valence-electron chi connectivity index (χ1n) is 7.94. The van der Waals surface area contributed by atoms with Crippen LogP contribution in [0.1, 0.15) is 58.8 Å². The Morgan fingerprint density at radius 3 is 2.50 bits per heavy atom. The summed E-state index contributed by atoms with van der Waals surface area (Å²) in [5.41, 5.74) is -0.669. The number of carbonyl (C=O) groups is 1. The van der Waals surface area contributed by atoms with Gasteiger partial charge < -0.3 is 14.6 Å². The fraction of sp³-hybridized carbons (Fsp3) is 0.938. The Balaban J connectivity index is 1.50. The van der Waals surface area contributed by atoms with E-state index in [1.165, 1.54) is 0 Å². The van der Waals surface area contributed by atoms with Gasteiger partial charge in [-0.25, -0.2) is 0 Å². The number of carboxylic acid groups (broad SMARTS) is 1. The molecule has 0 aromatic carbocycles. The van der Waals surface area contributed by atoms with Gasteiger partial charge in [0.25, 0.3) is 0 Å². The molecule has 0 aromatic heterocycles. The molecule has 6 atom stereocenters. The minimum Gasteiger partial charge on any atom is -0.481 e. The highest BCUT2D eigenvalue weighted by molar-refractivity contribution is 5.75. The molecule has 112 valence electrons. The summed E-state index contributed by atoms with van der Waals surface area (Å²) < 4.78 is 11.5. The summed E-state index contributed by atoms with van der Waals surface area (Å²) in [7, 11) is 0. The lowest BCUT2D eigenvalue weighted by molar-refractivity contribution is -0.153. The fourth-order valence-corrected chi connectivity index (χ4v) is 5.05. The molecule has 0 amide bonds. The van der Waals surface area contributed by atoms with Crippen LogP contribution >= 0.6 is 0 Å². The summed E-state index contributed by atoms with van der Waals surface area (Å²) in [5, 5.41) is 9.82. The normalized spacial score (nSPS) is 56.6. The molecule has 2 aliphatic carbocycles. The van der Waals surface area contributed by atoms with E-state index in [4.69, 9.17) is 9.47 Å². The number of fused-ring (bicyclic) bond motifs is 2. The number of hydrogen-bond acceptors (Lipinski definition) is 3. The molecule has 1 N–H and O–H groups in total. The second-order valence-electron chi connectivity index (χ2n) is 7.99. The van der Waals surface area contributed by atoms with Crippen molar-refractivity contribution in [3.63, 3.8) is 0 Å². The third-order valence-electron chi connectivity index (χ3n) is 6.31. The van der Waals surface area contributed by atoms with Crippen LogP contribution in [0.4, 0.5) is 0 Å². The maximum atomic E-state index is 11.9. The van der Waals surface area contributed by atoms with Gasteiger partial charge in [0.05, 0.1) is 28.8 Å². The zero-order valence-electron chi connectivity index (χ0n) is 12.4. The lowest BCUT2D eigenvalue weighted by Crippen LogP contribution is -2.42. The molecule has 6 unspecified atom stereocenters. The van der Waals surface area contributed by atoms with Crippen LogP contribution in [0.25, 0.3) is 0 Å². The molecule has 0 bridgehead atoms. The zero-order chi connectivity index (χ0) is 14.2. The molecule has 2 heterocycles. The Kier molecular flexibility index (Phi) is 2.47. The molecule has 0 radical (unpaired) electrons. The third-order valence-corrected chi connectivity index (χ3v) is 6.31. The van der Waals surface area contributed by atoms with E-state index in [2.05, 4.69) is 13.8 Å². The van der Waals surface area contributed by atoms with Crippen LogP contribution in [-0.2, 0) is 14.3 Å². The SMILES string of the molecule is CC12CC(CC3(C(=O)O)CCC4OC4(C)C3)CCC1O2. The average Bonchev–Trinajstić information content (AvgIpc) is 3.21. The van der Waals surface area contributed by atoms with Gasteiger partial charge in [0, 0.05) is 0 Å². The van der Waals surface area contributed by atoms with E-state index in [0.717, 1.165) is 38.5 Å². The van der Waals surface area contributed by atoms with Crippen molar-refractivity contribution in [3.05, 3.63) is 0 Å². The van der Waals surface area contributed by atoms with E-state index in [1.54, 1.807) is 0 Å². The molecule has 0 aromatic rings. The van der Waals surface area contributed by atoms with Gasteiger partial charge in [-0.05, 0) is 64.7 Å². The van der Waals surface area contributed by atoms with Crippen LogP contribution in [0.5, 0.6) is 0 Å². The van der Waals surface area contributed by atoms with Crippen LogP contribution in [0.3, 0.4) is 0 Å². The highest BCUT2D eigenvalue weighted by Gasteiger charge is 2.63. The second kappa shape index (κ2) is 3.77. The molecule has 0 spiro atoms. The summed E-state index contributed by atoms with van der Waals surface area (Å²) in [6, 6.07) is 0. The number of epoxide rings is 2. The first-order valence-corrected chi connectivity index (χ1v) is 7.94. The van der Waals surface area contributed by atoms with Gasteiger partial charge in [-0.15, -0.1) is 0 Å². The molecule has 20 heavy (non-hydrogen) atoms. The summed E-state index contributed by atoms with van der Waals surface area (Å²) >= 11 is 0. The van der Waals surface area contributed by atoms with Gasteiger partial charge in [0.1, 0.15) is 0 Å². The second-order valence-corrected chi connectivity index (χ2v) is 7.99. The fourth-order valence-electron chi connectivity index (χ4n) is 5.05. The van der Waals surface area contributed by atoms with Crippen LogP contribution in [-0.4, -0.2) is 34.5 Å². The van der Waals surface area contributed by atoms with Gasteiger partial charge >= 0.3 is 5.97 Å². The molecular weight excluding hydrogens is 256 g/mol. The van der Waals surface area contributed by atoms with Gasteiger partial charge in [-0.1, -0.05) is 0 Å². The van der Waals surface area contributed by atoms with Crippen molar-refractivity contribution in [1.82, 2.24) is 0 Å². The van der Waals surface area contributed by atoms with Crippen molar-refractivity contribution in [2.75, 3.05) is 0 Å². The summed E-state index contributed by atoms with van der Waals surface area (Å²) in [4.78, 5) is 11.9. The topological polar surface area (TPSA) is 62.4 Å². The Hall–Kier alpha value is -0.610. The van der Waals surface area contributed by atoms with E-state index < -0.39 is 11.4 Å². The van der Waals surface area contributed by atoms with E-state index in [-0.39, 0.29) is 11.2 Å². The molecule has 4 heteroatoms. The summed E-state index contributed by atoms with van der Waals surface area (Å²) in [6.07, 6.45) is 7.20. The van der Waals surface area contributed by atoms with Crippen molar-refractivity contribution in [3.8, 4) is 0 Å². The standard InChI is InChI=1S/C16H24O4/c1-14-7-10(3-4-11(14)19-14)8-16(13(17)18)6-5-12-15(2,9-16)20-12/h10-12H,3-9H2,1-2H3,(H,17,18). The predicted molar refractivity (Wildman–Crippen MR) is 72.4 cm³/mol. The zero-order valence-corrected chi connectivity index (χ0v) is 12.4. The van der Waals surface area contributed by atoms with Gasteiger partial charge in [-0.3, -0.25) is 4.79 Å². The lowest BCUT2D eigenvalue weighted by Gasteiger charge is -2.38. The van der Waals surface area contributed by atoms with E-state index in [1.807, 2.05) is 0 Å². The van der Waals surface area contributed by atoms with Gasteiger partial charge in [0.15, 0.2) is 0 Å². The van der Waals surface area contributed by atoms with Crippen LogP contribution in [0.2, 0.25) is 0 Å². The van der Waals surface area contributed by atoms with Gasteiger partial charge in [-0.2, -0.15) is 0 Å². The van der Waals surface area contributed by atoms with E-state index in [9.17, 15) is 9.90 Å². The average molecular weight is 280 g/mol. The first-order chi connectivity index (χ1) is 9.35. The quantitative estimate of drug-likeness (QED) is 0.807. The molecule has 2 saturated heterocycles. The van der Waals surface area contributed by atoms with Crippen molar-refractivity contribution >= 4 is 5.97 Å². The Bertz CT molecular complexity index is 463. The maximum absolute atomic E-state index is 11.9. The Labute approximate surface area is 119 Å². The number of carboxylic acids is 1. The molecule has 2 saturated carbocycles. The highest BCUT2D eigenvalue weighted by Crippen LogP contribution is 2.58. The number of aliphatic carboxylic acids is 1. The Morgan fingerprint density at radius 2 is 1.85 bits per heavy atom. The predicted octanol–water partition coefficient (Wildman–Crippen LogP) is 2.75. The van der Waals surface area contributed by atoms with Crippen molar-refractivity contribution in [2.45, 2.75) is 82.2 Å². The Morgan fingerprint density at radius 1 is 1.15 bits per heavy atom. The number of ether oxygens (including phenoxy) is 2. The molecular formula is C16H24O4. The third kappa shape index (κ3) is 1.84. The first kappa shape index (κ1) is 13.1. The van der Waals surface area contributed by atoms with E-state index >= 15 is 0 Å². The van der Waals surface area contributed by atoms with Crippen LogP contribution in [0.15, 0.2) is 0 Å². The molecule has 4 aliphatic rings. The smallest absolute Gasteiger partial charge is 0.309 e. The molecule has 4 fully saturated rings. The number of hydrogen-bond donors (Lipinski definition) is 1. The lowest BCUT2D eigenvalue weighted by atomic mass is 9.63. The minimum atomic E-state index is -0.614. The van der Waals surface area contributed by atoms with Crippen molar-refractivity contribution in [1.29, 1.82) is 0 Å². The number of rotatable bonds is 3.